The summed E-state index contributed by atoms with van der Waals surface area (Å²) in [6, 6.07) is 13.6. The van der Waals surface area contributed by atoms with E-state index >= 15 is 0 Å². The summed E-state index contributed by atoms with van der Waals surface area (Å²) in [5.41, 5.74) is 2.77. The van der Waals surface area contributed by atoms with Crippen molar-refractivity contribution < 1.29 is 14.6 Å². The molecule has 0 radical (unpaired) electrons. The molecule has 0 aliphatic heterocycles. The van der Waals surface area contributed by atoms with Gasteiger partial charge < -0.3 is 25.5 Å². The summed E-state index contributed by atoms with van der Waals surface area (Å²) >= 11 is 1.11. The van der Waals surface area contributed by atoms with Crippen LogP contribution >= 0.6 is 11.3 Å². The zero-order valence-corrected chi connectivity index (χ0v) is 18.3. The number of thiazole rings is 1. The summed E-state index contributed by atoms with van der Waals surface area (Å²) in [7, 11) is 0. The number of phenolic OH excluding ortho intramolecular Hbond substituents is 1. The predicted octanol–water partition coefficient (Wildman–Crippen LogP) is 2.58. The molecule has 0 bridgehead atoms. The highest BCUT2D eigenvalue weighted by atomic mass is 32.1. The number of fused-ring (bicyclic) bond motifs is 1. The van der Waals surface area contributed by atoms with Crippen LogP contribution in [-0.2, 0) is 22.4 Å². The smallest absolute Gasteiger partial charge is 0.305 e. The Hall–Kier alpha value is -2.68. The number of H-pyrrole nitrogens is 1. The maximum Gasteiger partial charge on any atom is 0.305 e. The average molecular weight is 444 g/mol. The molecule has 1 heterocycles. The first-order valence-corrected chi connectivity index (χ1v) is 11.4. The van der Waals surface area contributed by atoms with Gasteiger partial charge in [0.1, 0.15) is 11.3 Å². The number of phenols is 1. The van der Waals surface area contributed by atoms with Gasteiger partial charge in [0.25, 0.3) is 0 Å². The van der Waals surface area contributed by atoms with Gasteiger partial charge in [0.05, 0.1) is 11.3 Å². The molecule has 4 N–H and O–H groups in total. The van der Waals surface area contributed by atoms with Gasteiger partial charge in [-0.3, -0.25) is 9.59 Å². The Labute approximate surface area is 185 Å². The number of aromatic nitrogens is 1. The molecule has 0 unspecified atom stereocenters. The summed E-state index contributed by atoms with van der Waals surface area (Å²) in [6.07, 6.45) is 2.80. The first-order valence-electron chi connectivity index (χ1n) is 10.6. The standard InChI is InChI=1S/C23H29N3O4S/c27-19-9-8-18(22-21(19)26-23(29)31-22)10-12-24-13-14-25-20(28)7-4-15-30-16-11-17-5-2-1-3-6-17/h1-3,5-6,8-9,24,27H,4,7,10-16H2,(H,25,28)(H,26,29). The predicted molar refractivity (Wildman–Crippen MR) is 124 cm³/mol. The van der Waals surface area contributed by atoms with Crippen LogP contribution in [0.3, 0.4) is 0 Å². The molecule has 0 saturated heterocycles. The van der Waals surface area contributed by atoms with Crippen LogP contribution in [0.5, 0.6) is 5.75 Å². The van der Waals surface area contributed by atoms with Crippen molar-refractivity contribution in [2.45, 2.75) is 25.7 Å². The quantitative estimate of drug-likeness (QED) is 0.304. The second-order valence-corrected chi connectivity index (χ2v) is 8.25. The minimum atomic E-state index is -0.171. The topological polar surface area (TPSA) is 103 Å². The van der Waals surface area contributed by atoms with Gasteiger partial charge in [0, 0.05) is 26.1 Å². The maximum absolute atomic E-state index is 11.9. The summed E-state index contributed by atoms with van der Waals surface area (Å²) in [5, 5.41) is 16.0. The number of rotatable bonds is 13. The second kappa shape index (κ2) is 12.2. The van der Waals surface area contributed by atoms with E-state index in [1.807, 2.05) is 24.3 Å². The fourth-order valence-corrected chi connectivity index (χ4v) is 4.17. The van der Waals surface area contributed by atoms with Crippen LogP contribution < -0.4 is 15.5 Å². The van der Waals surface area contributed by atoms with E-state index in [0.29, 0.717) is 44.7 Å². The van der Waals surface area contributed by atoms with E-state index in [1.165, 1.54) is 5.56 Å². The molecule has 0 saturated carbocycles. The van der Waals surface area contributed by atoms with Crippen molar-refractivity contribution >= 4 is 27.5 Å². The number of carbonyl (C=O) groups is 1. The summed E-state index contributed by atoms with van der Waals surface area (Å²) < 4.78 is 6.40. The zero-order valence-electron chi connectivity index (χ0n) is 17.5. The Morgan fingerprint density at radius 3 is 2.71 bits per heavy atom. The van der Waals surface area contributed by atoms with Crippen LogP contribution in [0.15, 0.2) is 47.3 Å². The molecule has 0 fully saturated rings. The Kier molecular flexibility index (Phi) is 9.08. The lowest BCUT2D eigenvalue weighted by Crippen LogP contribution is -2.32. The van der Waals surface area contributed by atoms with Crippen LogP contribution in [0, 0.1) is 0 Å². The maximum atomic E-state index is 11.9. The Bertz CT molecular complexity index is 1020. The van der Waals surface area contributed by atoms with E-state index in [0.717, 1.165) is 41.0 Å². The first-order chi connectivity index (χ1) is 15.1. The molecule has 0 aliphatic carbocycles. The molecule has 0 atom stereocenters. The highest BCUT2D eigenvalue weighted by Crippen LogP contribution is 2.27. The number of hydrogen-bond donors (Lipinski definition) is 4. The minimum absolute atomic E-state index is 0.0331. The van der Waals surface area contributed by atoms with Crippen LogP contribution in [0.4, 0.5) is 0 Å². The first kappa shape index (κ1) is 23.0. The van der Waals surface area contributed by atoms with Gasteiger partial charge in [0.2, 0.25) is 5.91 Å². The highest BCUT2D eigenvalue weighted by molar-refractivity contribution is 7.16. The molecule has 1 aromatic heterocycles. The number of ether oxygens (including phenoxy) is 1. The lowest BCUT2D eigenvalue weighted by Gasteiger charge is -2.08. The van der Waals surface area contributed by atoms with Gasteiger partial charge in [-0.15, -0.1) is 0 Å². The van der Waals surface area contributed by atoms with Crippen LogP contribution in [0.25, 0.3) is 10.2 Å². The normalized spacial score (nSPS) is 11.1. The number of amides is 1. The molecular weight excluding hydrogens is 414 g/mol. The van der Waals surface area contributed by atoms with Crippen molar-refractivity contribution in [2.75, 3.05) is 32.8 Å². The van der Waals surface area contributed by atoms with Gasteiger partial charge in [-0.05, 0) is 43.0 Å². The SMILES string of the molecule is O=C(CCCOCCc1ccccc1)NCCNCCc1ccc(O)c2[nH]c(=O)sc12. The minimum Gasteiger partial charge on any atom is -0.506 e. The number of nitrogens with one attached hydrogen (secondary N) is 3. The molecule has 0 aliphatic rings. The fraction of sp³-hybridized carbons (Fsp3) is 0.391. The van der Waals surface area contributed by atoms with E-state index in [4.69, 9.17) is 4.74 Å². The van der Waals surface area contributed by atoms with Crippen LogP contribution in [0.1, 0.15) is 24.0 Å². The molecule has 31 heavy (non-hydrogen) atoms. The molecule has 2 aromatic carbocycles. The number of hydrogen-bond acceptors (Lipinski definition) is 6. The van der Waals surface area contributed by atoms with Crippen molar-refractivity contribution in [3.63, 3.8) is 0 Å². The molecule has 8 heteroatoms. The third kappa shape index (κ3) is 7.50. The van der Waals surface area contributed by atoms with E-state index in [-0.39, 0.29) is 16.5 Å². The van der Waals surface area contributed by atoms with Crippen molar-refractivity contribution in [1.82, 2.24) is 15.6 Å². The van der Waals surface area contributed by atoms with Gasteiger partial charge >= 0.3 is 4.87 Å². The van der Waals surface area contributed by atoms with Gasteiger partial charge in [-0.1, -0.05) is 47.7 Å². The fourth-order valence-electron chi connectivity index (χ4n) is 3.27. The Morgan fingerprint density at radius 1 is 1.03 bits per heavy atom. The van der Waals surface area contributed by atoms with Crippen molar-refractivity contribution in [1.29, 1.82) is 0 Å². The Balaban J connectivity index is 1.21. The molecule has 7 nitrogen and oxygen atoms in total. The lowest BCUT2D eigenvalue weighted by molar-refractivity contribution is -0.121. The summed E-state index contributed by atoms with van der Waals surface area (Å²) in [6.45, 7) is 3.21. The Morgan fingerprint density at radius 2 is 1.87 bits per heavy atom. The van der Waals surface area contributed by atoms with E-state index < -0.39 is 0 Å². The molecule has 3 rings (SSSR count). The van der Waals surface area contributed by atoms with Crippen molar-refractivity contribution in [2.24, 2.45) is 0 Å². The second-order valence-electron chi connectivity index (χ2n) is 7.26. The number of benzene rings is 2. The molecule has 166 valence electrons. The summed E-state index contributed by atoms with van der Waals surface area (Å²) in [4.78, 5) is 25.9. The average Bonchev–Trinajstić information content (AvgIpc) is 3.17. The number of aromatic hydroxyl groups is 1. The van der Waals surface area contributed by atoms with Gasteiger partial charge in [-0.25, -0.2) is 0 Å². The number of carbonyl (C=O) groups excluding carboxylic acids is 1. The third-order valence-corrected chi connectivity index (χ3v) is 5.86. The van der Waals surface area contributed by atoms with Crippen LogP contribution in [-0.4, -0.2) is 48.8 Å². The zero-order chi connectivity index (χ0) is 21.9. The molecule has 1 amide bonds. The van der Waals surface area contributed by atoms with Crippen LogP contribution in [0.2, 0.25) is 0 Å². The lowest BCUT2D eigenvalue weighted by atomic mass is 10.1. The monoisotopic (exact) mass is 443 g/mol. The largest absolute Gasteiger partial charge is 0.506 e. The van der Waals surface area contributed by atoms with E-state index in [9.17, 15) is 14.7 Å². The van der Waals surface area contributed by atoms with E-state index in [1.54, 1.807) is 6.07 Å². The molecule has 0 spiro atoms. The molecule has 3 aromatic rings. The summed E-state index contributed by atoms with van der Waals surface area (Å²) in [5.74, 6) is 0.125. The van der Waals surface area contributed by atoms with Gasteiger partial charge in [-0.2, -0.15) is 0 Å². The third-order valence-electron chi connectivity index (χ3n) is 4.90. The van der Waals surface area contributed by atoms with E-state index in [2.05, 4.69) is 27.8 Å². The van der Waals surface area contributed by atoms with Crippen molar-refractivity contribution in [3.8, 4) is 5.75 Å². The highest BCUT2D eigenvalue weighted by Gasteiger charge is 2.09. The number of aromatic amines is 1. The van der Waals surface area contributed by atoms with Gasteiger partial charge in [0.15, 0.2) is 0 Å². The molecular formula is C23H29N3O4S. The van der Waals surface area contributed by atoms with Crippen molar-refractivity contribution in [3.05, 3.63) is 63.3 Å².